The van der Waals surface area contributed by atoms with Crippen LogP contribution in [0.1, 0.15) is 149 Å². The summed E-state index contributed by atoms with van der Waals surface area (Å²) in [5.74, 6) is -8.86. The van der Waals surface area contributed by atoms with E-state index in [1.807, 2.05) is 62.3 Å². The summed E-state index contributed by atoms with van der Waals surface area (Å²) >= 11 is 0. The summed E-state index contributed by atoms with van der Waals surface area (Å²) in [5.41, 5.74) is 0. The van der Waals surface area contributed by atoms with E-state index in [-0.39, 0.29) is 61.7 Å². The first-order valence-electron chi connectivity index (χ1n) is 30.6. The van der Waals surface area contributed by atoms with Gasteiger partial charge in [-0.2, -0.15) is 0 Å². The van der Waals surface area contributed by atoms with Crippen LogP contribution in [-0.4, -0.2) is 228 Å². The average Bonchev–Trinajstić information content (AvgIpc) is 3.41. The Labute approximate surface area is 508 Å². The molecule has 0 aromatic heterocycles. The van der Waals surface area contributed by atoms with Gasteiger partial charge in [-0.25, -0.2) is 0 Å². The van der Waals surface area contributed by atoms with Gasteiger partial charge >= 0.3 is 0 Å². The van der Waals surface area contributed by atoms with Crippen LogP contribution < -0.4 is 21.3 Å². The van der Waals surface area contributed by atoms with Crippen LogP contribution in [0.3, 0.4) is 0 Å². The Morgan fingerprint density at radius 2 is 0.918 bits per heavy atom. The van der Waals surface area contributed by atoms with Crippen LogP contribution in [0.4, 0.5) is 0 Å². The van der Waals surface area contributed by atoms with Crippen molar-refractivity contribution in [1.29, 1.82) is 0 Å². The van der Waals surface area contributed by atoms with E-state index < -0.39 is 156 Å². The van der Waals surface area contributed by atoms with Gasteiger partial charge in [-0.3, -0.25) is 52.7 Å². The Morgan fingerprint density at radius 1 is 0.482 bits per heavy atom. The lowest BCUT2D eigenvalue weighted by Gasteiger charge is -2.41. The summed E-state index contributed by atoms with van der Waals surface area (Å²) in [5, 5.41) is 11.1. The van der Waals surface area contributed by atoms with E-state index in [1.165, 1.54) is 92.6 Å². The van der Waals surface area contributed by atoms with E-state index in [9.17, 15) is 43.2 Å². The highest BCUT2D eigenvalue weighted by Gasteiger charge is 2.48. The number of nitrogens with one attached hydrogen (secondary N) is 4. The van der Waals surface area contributed by atoms with Gasteiger partial charge in [0.1, 0.15) is 60.4 Å². The smallest absolute Gasteiger partial charge is 0.246 e. The molecule has 0 aliphatic carbocycles. The molecular weight excluding hydrogens is 1090 g/mol. The van der Waals surface area contributed by atoms with Gasteiger partial charge in [0, 0.05) is 49.3 Å². The van der Waals surface area contributed by atoms with Crippen LogP contribution in [-0.2, 0) is 57.5 Å². The second-order valence-electron chi connectivity index (χ2n) is 26.4. The average molecular weight is 1200 g/mol. The summed E-state index contributed by atoms with van der Waals surface area (Å²) in [6.07, 6.45) is 1.47. The van der Waals surface area contributed by atoms with Gasteiger partial charge in [0.25, 0.3) is 0 Å². The van der Waals surface area contributed by atoms with Gasteiger partial charge in [-0.1, -0.05) is 103 Å². The molecule has 484 valence electrons. The zero-order chi connectivity index (χ0) is 65.6. The zero-order valence-electron chi connectivity index (χ0n) is 55.7. The van der Waals surface area contributed by atoms with Gasteiger partial charge in [0.2, 0.25) is 65.0 Å². The fraction of sp³-hybridized carbons (Fsp3) is 0.790. The first kappa shape index (κ1) is 75.0. The Bertz CT molecular complexity index is 2360. The van der Waals surface area contributed by atoms with E-state index in [0.29, 0.717) is 6.42 Å². The van der Waals surface area contributed by atoms with Crippen LogP contribution in [0.5, 0.6) is 0 Å². The maximum atomic E-state index is 15.3. The molecule has 23 nitrogen and oxygen atoms in total. The highest BCUT2D eigenvalue weighted by molar-refractivity contribution is 5.99. The Kier molecular flexibility index (Phi) is 29.2. The predicted molar refractivity (Wildman–Crippen MR) is 326 cm³/mol. The molecule has 2 aliphatic rings. The minimum Gasteiger partial charge on any atom is -0.368 e. The van der Waals surface area contributed by atoms with Crippen LogP contribution >= 0.6 is 0 Å². The van der Waals surface area contributed by atoms with Crippen LogP contribution in [0.15, 0.2) is 12.7 Å². The van der Waals surface area contributed by atoms with Gasteiger partial charge in [0.05, 0.1) is 18.8 Å². The molecule has 2 rings (SSSR count). The fourth-order valence-electron chi connectivity index (χ4n) is 11.3. The molecule has 11 amide bonds. The highest BCUT2D eigenvalue weighted by atomic mass is 16.5. The summed E-state index contributed by atoms with van der Waals surface area (Å²) < 4.78 is 6.40. The number of nitrogens with zero attached hydrogens (tertiary/aromatic N) is 7. The van der Waals surface area contributed by atoms with E-state index >= 15 is 9.59 Å². The molecule has 4 N–H and O–H groups in total. The van der Waals surface area contributed by atoms with Gasteiger partial charge in [-0.15, -0.1) is 6.58 Å². The van der Waals surface area contributed by atoms with Crippen LogP contribution in [0.2, 0.25) is 0 Å². The van der Waals surface area contributed by atoms with Crippen molar-refractivity contribution in [3.05, 3.63) is 12.7 Å². The molecule has 0 aromatic carbocycles. The van der Waals surface area contributed by atoms with Gasteiger partial charge in [0.15, 0.2) is 0 Å². The molecule has 2 saturated heterocycles. The maximum Gasteiger partial charge on any atom is 0.246 e. The van der Waals surface area contributed by atoms with Crippen molar-refractivity contribution in [2.24, 2.45) is 41.4 Å². The first-order valence-corrected chi connectivity index (χ1v) is 30.6. The standard InChI is InChI=1S/C62H109N11O12/c1-25-42-31-39(15)52(85-42)51-56(78)65-43(26-2)58(80)67(18)32-48(74)68(19)44(27-33(3)4)55(77)66-49(37(11)12)61(83)69(20)45(28-34(5)6)54(76)63-40(16)53(75)64-41(17)57(79)70(21)46(29-35(7)8)59(81)71(22)47(30-36(9)10)60(82)72(23)50(38(13)14)62(84)73(51)24/h25,33-47,49-52H,1,26-32H2,2-24H3,(H,63,76)(H,64,75)(H,65,78)(H,66,77)/t39-,40+,41-,42?,43+,44+,45+,46+,47+,49+,50+,51+,52-/m1/s1. The number of hydrogen-bond acceptors (Lipinski definition) is 12. The third-order valence-electron chi connectivity index (χ3n) is 16.5. The Morgan fingerprint density at radius 3 is 1.36 bits per heavy atom. The molecule has 0 radical (unpaired) electrons. The van der Waals surface area contributed by atoms with Gasteiger partial charge in [-0.05, 0) is 93.8 Å². The number of ether oxygens (including phenoxy) is 1. The number of carbonyl (C=O) groups is 11. The summed E-state index contributed by atoms with van der Waals surface area (Å²) in [6, 6.07) is -11.8. The quantitative estimate of drug-likeness (QED) is 0.194. The third-order valence-corrected chi connectivity index (χ3v) is 16.5. The SMILES string of the molecule is C=CC1C[C@@H](C)[C@H]([C@H]2C(=O)N[C@@H](CC)C(=O)N(C)CC(=O)N(C)[C@@H](CC(C)C)C(=O)N[C@@H](C(C)C)C(=O)N(C)[C@@H](CC(C)C)C(=O)N[C@@H](C)C(=O)N[C@H](C)C(=O)N(C)[C@@H](CC(C)C)C(=O)N(C)[C@@H](CC(C)C)C(=O)N(C)[C@@H](C(C)C)C(=O)N2C)O1. The molecule has 0 aromatic rings. The summed E-state index contributed by atoms with van der Waals surface area (Å²) in [7, 11) is 10.1. The lowest BCUT2D eigenvalue weighted by Crippen LogP contribution is -2.63. The molecule has 2 fully saturated rings. The van der Waals surface area contributed by atoms with Crippen molar-refractivity contribution < 1.29 is 57.5 Å². The highest BCUT2D eigenvalue weighted by Crippen LogP contribution is 2.32. The van der Waals surface area contributed by atoms with Crippen LogP contribution in [0.25, 0.3) is 0 Å². The van der Waals surface area contributed by atoms with E-state index in [1.54, 1.807) is 40.7 Å². The summed E-state index contributed by atoms with van der Waals surface area (Å²) in [6.45, 7) is 31.9. The van der Waals surface area contributed by atoms with Crippen molar-refractivity contribution in [3.8, 4) is 0 Å². The van der Waals surface area contributed by atoms with E-state index in [0.717, 1.165) is 4.90 Å². The number of amides is 11. The fourth-order valence-corrected chi connectivity index (χ4v) is 11.3. The Hall–Kier alpha value is -6.13. The molecular formula is C62H109N11O12. The lowest BCUT2D eigenvalue weighted by atomic mass is 9.92. The van der Waals surface area contributed by atoms with Crippen molar-refractivity contribution in [1.82, 2.24) is 55.6 Å². The topological polar surface area (TPSA) is 268 Å². The second kappa shape index (κ2) is 33.1. The minimum atomic E-state index is -1.35. The third kappa shape index (κ3) is 20.0. The second-order valence-corrected chi connectivity index (χ2v) is 26.4. The number of likely N-dealkylation sites (N-methyl/N-ethyl adjacent to an activating group) is 7. The van der Waals surface area contributed by atoms with Gasteiger partial charge < -0.3 is 60.3 Å². The van der Waals surface area contributed by atoms with Crippen molar-refractivity contribution in [2.75, 3.05) is 55.9 Å². The molecule has 2 heterocycles. The number of rotatable bonds is 13. The molecule has 0 spiro atoms. The van der Waals surface area contributed by atoms with Crippen molar-refractivity contribution in [2.45, 2.75) is 222 Å². The molecule has 0 saturated carbocycles. The minimum absolute atomic E-state index is 0.0706. The molecule has 0 bridgehead atoms. The van der Waals surface area contributed by atoms with E-state index in [2.05, 4.69) is 27.8 Å². The molecule has 85 heavy (non-hydrogen) atoms. The normalized spacial score (nSPS) is 29.5. The first-order chi connectivity index (χ1) is 39.3. The predicted octanol–water partition coefficient (Wildman–Crippen LogP) is 3.29. The van der Waals surface area contributed by atoms with E-state index in [4.69, 9.17) is 4.74 Å². The number of carbonyl (C=O) groups excluding carboxylic acids is 11. The monoisotopic (exact) mass is 1200 g/mol. The van der Waals surface area contributed by atoms with Crippen molar-refractivity contribution in [3.63, 3.8) is 0 Å². The number of hydrogen-bond donors (Lipinski definition) is 4. The molecule has 2 aliphatic heterocycles. The molecule has 13 atom stereocenters. The lowest BCUT2D eigenvalue weighted by molar-refractivity contribution is -0.157. The maximum absolute atomic E-state index is 15.3. The molecule has 23 heteroatoms. The van der Waals surface area contributed by atoms with Crippen molar-refractivity contribution >= 4 is 65.0 Å². The zero-order valence-corrected chi connectivity index (χ0v) is 55.7. The Balaban J connectivity index is 2.96. The largest absolute Gasteiger partial charge is 0.368 e. The van der Waals surface area contributed by atoms with Crippen LogP contribution in [0, 0.1) is 41.4 Å². The summed E-state index contributed by atoms with van der Waals surface area (Å²) in [4.78, 5) is 169. The molecule has 1 unspecified atom stereocenters.